The minimum Gasteiger partial charge on any atom is -0.348 e. The second-order valence-corrected chi connectivity index (χ2v) is 6.44. The minimum atomic E-state index is -0.0516. The van der Waals surface area contributed by atoms with Crippen LogP contribution >= 0.6 is 0 Å². The van der Waals surface area contributed by atoms with Crippen molar-refractivity contribution in [2.75, 3.05) is 13.1 Å². The second kappa shape index (κ2) is 6.12. The van der Waals surface area contributed by atoms with Crippen LogP contribution < -0.4 is 10.6 Å². The summed E-state index contributed by atoms with van der Waals surface area (Å²) in [6, 6.07) is 5.95. The van der Waals surface area contributed by atoms with Crippen LogP contribution in [0.3, 0.4) is 0 Å². The standard InChI is InChI=1S/C17H21N5O/c23-17(21-14-5-7-18-10-14)13-3-4-15(19-9-13)16-6-8-20-22(16)11-12-1-2-12/h3-4,6,8-9,12,14,18H,1-2,5,7,10-11H2,(H,21,23). The van der Waals surface area contributed by atoms with Crippen molar-refractivity contribution in [2.45, 2.75) is 31.8 Å². The number of nitrogens with zero attached hydrogens (tertiary/aromatic N) is 3. The Morgan fingerprint density at radius 3 is 2.91 bits per heavy atom. The summed E-state index contributed by atoms with van der Waals surface area (Å²) in [5.41, 5.74) is 2.49. The zero-order chi connectivity index (χ0) is 15.6. The lowest BCUT2D eigenvalue weighted by Crippen LogP contribution is -2.36. The van der Waals surface area contributed by atoms with Crippen LogP contribution in [-0.4, -0.2) is 39.8 Å². The Morgan fingerprint density at radius 1 is 1.30 bits per heavy atom. The lowest BCUT2D eigenvalue weighted by atomic mass is 10.2. The normalized spacial score (nSPS) is 20.6. The number of carbonyl (C=O) groups excluding carboxylic acids is 1. The first kappa shape index (κ1) is 14.4. The molecule has 1 saturated heterocycles. The molecule has 1 unspecified atom stereocenters. The largest absolute Gasteiger partial charge is 0.348 e. The van der Waals surface area contributed by atoms with Crippen LogP contribution in [0.4, 0.5) is 0 Å². The Labute approximate surface area is 135 Å². The Bertz CT molecular complexity index is 683. The van der Waals surface area contributed by atoms with Crippen LogP contribution in [0.1, 0.15) is 29.6 Å². The Kier molecular flexibility index (Phi) is 3.83. The molecule has 0 radical (unpaired) electrons. The van der Waals surface area contributed by atoms with Gasteiger partial charge in [-0.25, -0.2) is 0 Å². The molecule has 1 aliphatic carbocycles. The summed E-state index contributed by atoms with van der Waals surface area (Å²) >= 11 is 0. The number of pyridine rings is 1. The number of carbonyl (C=O) groups is 1. The Balaban J connectivity index is 1.46. The monoisotopic (exact) mass is 311 g/mol. The predicted molar refractivity (Wildman–Crippen MR) is 86.9 cm³/mol. The van der Waals surface area contributed by atoms with Gasteiger partial charge in [-0.15, -0.1) is 0 Å². The van der Waals surface area contributed by atoms with Gasteiger partial charge < -0.3 is 10.6 Å². The first-order valence-electron chi connectivity index (χ1n) is 8.29. The molecule has 0 bridgehead atoms. The molecule has 23 heavy (non-hydrogen) atoms. The summed E-state index contributed by atoms with van der Waals surface area (Å²) < 4.78 is 2.02. The third kappa shape index (κ3) is 3.27. The van der Waals surface area contributed by atoms with E-state index in [-0.39, 0.29) is 11.9 Å². The van der Waals surface area contributed by atoms with Crippen molar-refractivity contribution in [3.05, 3.63) is 36.2 Å². The fourth-order valence-electron chi connectivity index (χ4n) is 2.97. The number of nitrogens with one attached hydrogen (secondary N) is 2. The molecule has 4 rings (SSSR count). The molecule has 2 fully saturated rings. The van der Waals surface area contributed by atoms with E-state index in [4.69, 9.17) is 0 Å². The summed E-state index contributed by atoms with van der Waals surface area (Å²) in [7, 11) is 0. The summed E-state index contributed by atoms with van der Waals surface area (Å²) in [4.78, 5) is 16.7. The third-order valence-corrected chi connectivity index (χ3v) is 4.53. The molecule has 2 aromatic heterocycles. The summed E-state index contributed by atoms with van der Waals surface area (Å²) in [6.45, 7) is 2.77. The van der Waals surface area contributed by atoms with Gasteiger partial charge in [-0.05, 0) is 49.9 Å². The van der Waals surface area contributed by atoms with Crippen molar-refractivity contribution in [1.82, 2.24) is 25.4 Å². The molecule has 120 valence electrons. The number of aromatic nitrogens is 3. The van der Waals surface area contributed by atoms with Crippen molar-refractivity contribution in [3.8, 4) is 11.4 Å². The van der Waals surface area contributed by atoms with E-state index in [1.807, 2.05) is 29.1 Å². The first-order valence-corrected chi connectivity index (χ1v) is 8.29. The van der Waals surface area contributed by atoms with Crippen molar-refractivity contribution in [2.24, 2.45) is 5.92 Å². The first-order chi connectivity index (χ1) is 11.3. The highest BCUT2D eigenvalue weighted by Gasteiger charge is 2.23. The number of hydrogen-bond donors (Lipinski definition) is 2. The number of amides is 1. The molecule has 6 nitrogen and oxygen atoms in total. The van der Waals surface area contributed by atoms with Crippen molar-refractivity contribution in [3.63, 3.8) is 0 Å². The molecule has 0 spiro atoms. The van der Waals surface area contributed by atoms with Gasteiger partial charge in [0, 0.05) is 31.5 Å². The van der Waals surface area contributed by atoms with Crippen molar-refractivity contribution >= 4 is 5.91 Å². The molecular formula is C17H21N5O. The van der Waals surface area contributed by atoms with E-state index < -0.39 is 0 Å². The highest BCUT2D eigenvalue weighted by Crippen LogP contribution is 2.31. The highest BCUT2D eigenvalue weighted by atomic mass is 16.1. The van der Waals surface area contributed by atoms with Crippen LogP contribution in [0.25, 0.3) is 11.4 Å². The summed E-state index contributed by atoms with van der Waals surface area (Å²) in [5.74, 6) is 0.711. The quantitative estimate of drug-likeness (QED) is 0.876. The zero-order valence-corrected chi connectivity index (χ0v) is 13.0. The predicted octanol–water partition coefficient (Wildman–Crippen LogP) is 1.45. The summed E-state index contributed by atoms with van der Waals surface area (Å²) in [6.07, 6.45) is 7.04. The maximum atomic E-state index is 12.2. The van der Waals surface area contributed by atoms with Gasteiger partial charge in [0.05, 0.1) is 17.0 Å². The van der Waals surface area contributed by atoms with Gasteiger partial charge in [-0.2, -0.15) is 5.10 Å². The van der Waals surface area contributed by atoms with Crippen molar-refractivity contribution in [1.29, 1.82) is 0 Å². The second-order valence-electron chi connectivity index (χ2n) is 6.44. The minimum absolute atomic E-state index is 0.0516. The van der Waals surface area contributed by atoms with E-state index >= 15 is 0 Å². The average Bonchev–Trinajstić information content (AvgIpc) is 3.04. The lowest BCUT2D eigenvalue weighted by Gasteiger charge is -2.11. The third-order valence-electron chi connectivity index (χ3n) is 4.53. The number of hydrogen-bond acceptors (Lipinski definition) is 4. The van der Waals surface area contributed by atoms with Crippen LogP contribution in [0.15, 0.2) is 30.6 Å². The van der Waals surface area contributed by atoms with Gasteiger partial charge in [0.1, 0.15) is 0 Å². The molecule has 2 aromatic rings. The van der Waals surface area contributed by atoms with Gasteiger partial charge in [0.2, 0.25) is 0 Å². The highest BCUT2D eigenvalue weighted by molar-refractivity contribution is 5.94. The van der Waals surface area contributed by atoms with E-state index in [1.165, 1.54) is 12.8 Å². The Morgan fingerprint density at radius 2 is 2.22 bits per heavy atom. The molecule has 1 atom stereocenters. The lowest BCUT2D eigenvalue weighted by molar-refractivity contribution is 0.0939. The van der Waals surface area contributed by atoms with Crippen LogP contribution in [-0.2, 0) is 6.54 Å². The van der Waals surface area contributed by atoms with E-state index in [1.54, 1.807) is 6.20 Å². The smallest absolute Gasteiger partial charge is 0.253 e. The van der Waals surface area contributed by atoms with Crippen molar-refractivity contribution < 1.29 is 4.79 Å². The van der Waals surface area contributed by atoms with E-state index in [2.05, 4.69) is 20.7 Å². The molecule has 0 aromatic carbocycles. The molecular weight excluding hydrogens is 290 g/mol. The van der Waals surface area contributed by atoms with Gasteiger partial charge in [-0.1, -0.05) is 0 Å². The fraction of sp³-hybridized carbons (Fsp3) is 0.471. The zero-order valence-electron chi connectivity index (χ0n) is 13.0. The Hall–Kier alpha value is -2.21. The maximum absolute atomic E-state index is 12.2. The maximum Gasteiger partial charge on any atom is 0.253 e. The summed E-state index contributed by atoms with van der Waals surface area (Å²) in [5, 5.41) is 10.7. The average molecular weight is 311 g/mol. The van der Waals surface area contributed by atoms with E-state index in [0.29, 0.717) is 5.56 Å². The molecule has 6 heteroatoms. The van der Waals surface area contributed by atoms with Gasteiger partial charge in [0.25, 0.3) is 5.91 Å². The molecule has 1 aliphatic heterocycles. The molecule has 1 saturated carbocycles. The van der Waals surface area contributed by atoms with Crippen LogP contribution in [0, 0.1) is 5.92 Å². The fourth-order valence-corrected chi connectivity index (χ4v) is 2.97. The molecule has 3 heterocycles. The van der Waals surface area contributed by atoms with E-state index in [0.717, 1.165) is 43.4 Å². The van der Waals surface area contributed by atoms with Crippen LogP contribution in [0.2, 0.25) is 0 Å². The SMILES string of the molecule is O=C(NC1CCNC1)c1ccc(-c2ccnn2CC2CC2)nc1. The molecule has 2 aliphatic rings. The van der Waals surface area contributed by atoms with Gasteiger partial charge in [0.15, 0.2) is 0 Å². The van der Waals surface area contributed by atoms with Crippen LogP contribution in [0.5, 0.6) is 0 Å². The van der Waals surface area contributed by atoms with Gasteiger partial charge >= 0.3 is 0 Å². The molecule has 2 N–H and O–H groups in total. The number of rotatable bonds is 5. The van der Waals surface area contributed by atoms with E-state index in [9.17, 15) is 4.79 Å². The molecule has 1 amide bonds. The van der Waals surface area contributed by atoms with Gasteiger partial charge in [-0.3, -0.25) is 14.5 Å². The topological polar surface area (TPSA) is 71.8 Å².